The molecule has 0 unspecified atom stereocenters. The molecule has 2 amide bonds. The van der Waals surface area contributed by atoms with Crippen LogP contribution in [-0.2, 0) is 37.0 Å². The maximum atomic E-state index is 13.5. The van der Waals surface area contributed by atoms with Crippen molar-refractivity contribution in [2.75, 3.05) is 27.3 Å². The van der Waals surface area contributed by atoms with Gasteiger partial charge in [-0.2, -0.15) is 0 Å². The summed E-state index contributed by atoms with van der Waals surface area (Å²) in [6, 6.07) is 3.11. The van der Waals surface area contributed by atoms with Crippen LogP contribution in [0.2, 0.25) is 0 Å². The van der Waals surface area contributed by atoms with Gasteiger partial charge in [-0.1, -0.05) is 105 Å². The molecule has 0 N–H and O–H groups in total. The summed E-state index contributed by atoms with van der Waals surface area (Å²) in [7, 11) is 3.53. The summed E-state index contributed by atoms with van der Waals surface area (Å²) in [5.74, 6) is 2.62. The normalized spacial score (nSPS) is 12.7. The van der Waals surface area contributed by atoms with E-state index in [0.29, 0.717) is 25.7 Å². The van der Waals surface area contributed by atoms with E-state index in [2.05, 4.69) is 70.6 Å². The van der Waals surface area contributed by atoms with Gasteiger partial charge in [-0.15, -0.1) is 0 Å². The summed E-state index contributed by atoms with van der Waals surface area (Å²) in [6.07, 6.45) is 27.5. The van der Waals surface area contributed by atoms with Gasteiger partial charge in [-0.25, -0.2) is 9.97 Å². The first-order chi connectivity index (χ1) is 32.3. The third-order valence-corrected chi connectivity index (χ3v) is 13.4. The molecule has 67 heavy (non-hydrogen) atoms. The second-order valence-electron chi connectivity index (χ2n) is 19.9. The Hall–Kier alpha value is -4.52. The van der Waals surface area contributed by atoms with E-state index in [4.69, 9.17) is 4.74 Å². The van der Waals surface area contributed by atoms with Crippen molar-refractivity contribution in [3.05, 3.63) is 48.6 Å². The number of hydrogen-bond acceptors (Lipinski definition) is 9. The van der Waals surface area contributed by atoms with E-state index in [1.54, 1.807) is 23.9 Å². The lowest BCUT2D eigenvalue weighted by Gasteiger charge is -2.29. The first kappa shape index (κ1) is 55.1. The third kappa shape index (κ3) is 18.8. The number of ketones is 2. The Balaban J connectivity index is 1.04. The minimum atomic E-state index is -0.484. The molecule has 0 spiro atoms. The molecule has 0 radical (unpaired) electrons. The number of nitrogens with zero attached hydrogens (tertiary/aromatic N) is 8. The number of fused-ring (bicyclic) bond motifs is 2. The van der Waals surface area contributed by atoms with Crippen LogP contribution in [0.15, 0.2) is 36.9 Å². The standard InChI is InChI=1S/C54H86N8O5/c1-41(2)37-49(59(7)53(65)25-21-17-13-9-11-15-19-23-33-61-43(5)57-45-39-55-31-27-47(45)61)51(63)29-35-67-36-30-52(64)50(38-42(3)4)60(8)54(66)26-22-18-14-10-12-16-20-24-34-62-44(6)58-46-40-56-32-28-48(46)62/h27-28,31-32,39-42,49-50H,9-26,29-30,33-38H2,1-8H3/t49-,50-/m0/s1. The Morgan fingerprint density at radius 2 is 0.866 bits per heavy atom. The number of carbonyl (C=O) groups excluding carboxylic acids is 4. The third-order valence-electron chi connectivity index (χ3n) is 13.4. The van der Waals surface area contributed by atoms with Crippen molar-refractivity contribution in [1.82, 2.24) is 38.9 Å². The minimum absolute atomic E-state index is 0.00357. The number of ether oxygens (including phenoxy) is 1. The van der Waals surface area contributed by atoms with Crippen LogP contribution in [0.1, 0.15) is 181 Å². The molecule has 4 rings (SSSR count). The molecular formula is C54H86N8O5. The molecule has 372 valence electrons. The zero-order valence-electron chi connectivity index (χ0n) is 42.8. The molecule has 0 fully saturated rings. The monoisotopic (exact) mass is 927 g/mol. The SMILES string of the molecule is Cc1nc2cnccc2n1CCCCCCCCCCC(=O)N(C)[C@@H](CC(C)C)C(=O)CCOCCC(=O)[C@H](CC(C)C)N(C)C(=O)CCCCCCCCCCn1c(C)nc2cnccc21. The average Bonchev–Trinajstić information content (AvgIpc) is 3.80. The smallest absolute Gasteiger partial charge is 0.222 e. The first-order valence-electron chi connectivity index (χ1n) is 26.0. The number of unbranched alkanes of at least 4 members (excludes halogenated alkanes) is 14. The maximum Gasteiger partial charge on any atom is 0.222 e. The van der Waals surface area contributed by atoms with Crippen LogP contribution < -0.4 is 0 Å². The van der Waals surface area contributed by atoms with Crippen LogP contribution in [0.25, 0.3) is 22.1 Å². The van der Waals surface area contributed by atoms with Gasteiger partial charge in [0.15, 0.2) is 11.6 Å². The number of aromatic nitrogens is 6. The van der Waals surface area contributed by atoms with Crippen LogP contribution in [0.3, 0.4) is 0 Å². The largest absolute Gasteiger partial charge is 0.381 e. The topological polar surface area (TPSA) is 145 Å². The number of amides is 2. The Morgan fingerprint density at radius 1 is 0.522 bits per heavy atom. The number of Topliss-reactive ketones (excluding diaryl/α,β-unsaturated/α-hetero) is 2. The van der Waals surface area contributed by atoms with Crippen LogP contribution >= 0.6 is 0 Å². The van der Waals surface area contributed by atoms with Crippen molar-refractivity contribution < 1.29 is 23.9 Å². The molecule has 0 aliphatic rings. The summed E-state index contributed by atoms with van der Waals surface area (Å²) >= 11 is 0. The van der Waals surface area contributed by atoms with E-state index in [1.165, 1.54) is 51.4 Å². The number of carbonyl (C=O) groups is 4. The summed E-state index contributed by atoms with van der Waals surface area (Å²) < 4.78 is 10.4. The van der Waals surface area contributed by atoms with Crippen molar-refractivity contribution in [2.45, 2.75) is 208 Å². The zero-order chi connectivity index (χ0) is 48.6. The van der Waals surface area contributed by atoms with E-state index < -0.39 is 12.1 Å². The molecule has 2 atom stereocenters. The molecule has 13 heteroatoms. The molecule has 0 aliphatic carbocycles. The highest BCUT2D eigenvalue weighted by atomic mass is 16.5. The Morgan fingerprint density at radius 3 is 1.22 bits per heavy atom. The lowest BCUT2D eigenvalue weighted by atomic mass is 9.96. The van der Waals surface area contributed by atoms with Gasteiger partial charge < -0.3 is 23.7 Å². The van der Waals surface area contributed by atoms with Gasteiger partial charge in [0.25, 0.3) is 0 Å². The molecule has 4 heterocycles. The van der Waals surface area contributed by atoms with Crippen molar-refractivity contribution in [2.24, 2.45) is 11.8 Å². The number of hydrogen-bond donors (Lipinski definition) is 0. The summed E-state index contributed by atoms with van der Waals surface area (Å²) in [6.45, 7) is 14.8. The second kappa shape index (κ2) is 30.1. The number of aryl methyl sites for hydroxylation is 4. The van der Waals surface area contributed by atoms with Crippen LogP contribution in [0.5, 0.6) is 0 Å². The van der Waals surface area contributed by atoms with E-state index in [1.807, 2.05) is 36.9 Å². The first-order valence-corrected chi connectivity index (χ1v) is 26.0. The van der Waals surface area contributed by atoms with Gasteiger partial charge in [0.1, 0.15) is 22.7 Å². The second-order valence-corrected chi connectivity index (χ2v) is 19.9. The van der Waals surface area contributed by atoms with Gasteiger partial charge in [0.2, 0.25) is 11.8 Å². The highest BCUT2D eigenvalue weighted by Crippen LogP contribution is 2.21. The summed E-state index contributed by atoms with van der Waals surface area (Å²) in [5, 5.41) is 0. The van der Waals surface area contributed by atoms with Gasteiger partial charge in [0, 0.05) is 65.3 Å². The average molecular weight is 927 g/mol. The van der Waals surface area contributed by atoms with Crippen molar-refractivity contribution in [3.63, 3.8) is 0 Å². The summed E-state index contributed by atoms with van der Waals surface area (Å²) in [4.78, 5) is 74.3. The van der Waals surface area contributed by atoms with E-state index >= 15 is 0 Å². The van der Waals surface area contributed by atoms with Crippen molar-refractivity contribution in [3.8, 4) is 0 Å². The number of imidazole rings is 2. The zero-order valence-corrected chi connectivity index (χ0v) is 42.8. The maximum absolute atomic E-state index is 13.5. The van der Waals surface area contributed by atoms with Gasteiger partial charge in [0.05, 0.1) is 48.7 Å². The van der Waals surface area contributed by atoms with Crippen molar-refractivity contribution >= 4 is 45.4 Å². The van der Waals surface area contributed by atoms with Crippen LogP contribution in [0.4, 0.5) is 0 Å². The fourth-order valence-electron chi connectivity index (χ4n) is 9.37. The van der Waals surface area contributed by atoms with Crippen LogP contribution in [-0.4, -0.2) is 102 Å². The molecule has 0 saturated heterocycles. The van der Waals surface area contributed by atoms with E-state index in [0.717, 1.165) is 98.2 Å². The van der Waals surface area contributed by atoms with Gasteiger partial charge in [-0.05, 0) is 76.3 Å². The molecular weight excluding hydrogens is 841 g/mol. The highest BCUT2D eigenvalue weighted by Gasteiger charge is 2.29. The van der Waals surface area contributed by atoms with Crippen LogP contribution in [0, 0.1) is 25.7 Å². The molecule has 13 nitrogen and oxygen atoms in total. The molecule has 0 aliphatic heterocycles. The molecule has 4 aromatic rings. The quantitative estimate of drug-likeness (QED) is 0.0407. The number of rotatable bonds is 36. The molecule has 0 aromatic carbocycles. The Kier molecular flexibility index (Phi) is 24.7. The highest BCUT2D eigenvalue weighted by molar-refractivity contribution is 5.90. The van der Waals surface area contributed by atoms with E-state index in [-0.39, 0.29) is 61.3 Å². The fraction of sp³-hybridized carbons (Fsp3) is 0.704. The Bertz CT molecular complexity index is 1950. The Labute approximate surface area is 402 Å². The summed E-state index contributed by atoms with van der Waals surface area (Å²) in [5.41, 5.74) is 4.23. The molecule has 0 bridgehead atoms. The van der Waals surface area contributed by atoms with Gasteiger partial charge in [-0.3, -0.25) is 29.1 Å². The van der Waals surface area contributed by atoms with Crippen molar-refractivity contribution in [1.29, 1.82) is 0 Å². The molecule has 0 saturated carbocycles. The fourth-order valence-corrected chi connectivity index (χ4v) is 9.37. The predicted molar refractivity (Wildman–Crippen MR) is 270 cm³/mol. The number of likely N-dealkylation sites (N-methyl/N-ethyl adjacent to an activating group) is 2. The lowest BCUT2D eigenvalue weighted by molar-refractivity contribution is -0.139. The molecule has 4 aromatic heterocycles. The minimum Gasteiger partial charge on any atom is -0.381 e. The van der Waals surface area contributed by atoms with E-state index in [9.17, 15) is 19.2 Å². The lowest BCUT2D eigenvalue weighted by Crippen LogP contribution is -2.44. The van der Waals surface area contributed by atoms with Gasteiger partial charge >= 0.3 is 0 Å². The number of pyridine rings is 2. The predicted octanol–water partition coefficient (Wildman–Crippen LogP) is 11.2.